The van der Waals surface area contributed by atoms with Crippen LogP contribution in [0.4, 0.5) is 5.82 Å². The van der Waals surface area contributed by atoms with Crippen molar-refractivity contribution in [1.29, 1.82) is 0 Å². The quantitative estimate of drug-likeness (QED) is 0.429. The summed E-state index contributed by atoms with van der Waals surface area (Å²) in [5.74, 6) is 2.13. The molecule has 0 aliphatic rings. The Morgan fingerprint density at radius 1 is 1.03 bits per heavy atom. The van der Waals surface area contributed by atoms with Gasteiger partial charge in [0.1, 0.15) is 17.1 Å². The summed E-state index contributed by atoms with van der Waals surface area (Å²) >= 11 is 0. The third kappa shape index (κ3) is 4.23. The Bertz CT molecular complexity index is 1200. The Balaban J connectivity index is 1.87. The van der Waals surface area contributed by atoms with E-state index in [-0.39, 0.29) is 11.8 Å². The minimum Gasteiger partial charge on any atom is -0.505 e. The van der Waals surface area contributed by atoms with Crippen molar-refractivity contribution in [3.63, 3.8) is 0 Å². The highest BCUT2D eigenvalue weighted by Gasteiger charge is 2.22. The molecule has 0 radical (unpaired) electrons. The van der Waals surface area contributed by atoms with Gasteiger partial charge >= 0.3 is 0 Å². The van der Waals surface area contributed by atoms with Crippen molar-refractivity contribution in [3.05, 3.63) is 83.7 Å². The fourth-order valence-electron chi connectivity index (χ4n) is 3.60. The first kappa shape index (κ1) is 20.5. The van der Waals surface area contributed by atoms with Crippen LogP contribution in [0.15, 0.2) is 66.9 Å². The van der Waals surface area contributed by atoms with Gasteiger partial charge in [0.25, 0.3) is 0 Å². The molecule has 0 aliphatic carbocycles. The predicted molar refractivity (Wildman–Crippen MR) is 122 cm³/mol. The van der Waals surface area contributed by atoms with Crippen molar-refractivity contribution in [3.8, 4) is 17.2 Å². The minimum atomic E-state index is -0.383. The summed E-state index contributed by atoms with van der Waals surface area (Å²) in [7, 11) is 1.62. The normalized spacial score (nSPS) is 11.8. The first-order valence-corrected chi connectivity index (χ1v) is 10.2. The van der Waals surface area contributed by atoms with Gasteiger partial charge in [-0.3, -0.25) is 0 Å². The van der Waals surface area contributed by atoms with Crippen molar-refractivity contribution in [1.82, 2.24) is 9.97 Å². The predicted octanol–water partition coefficient (Wildman–Crippen LogP) is 5.25. The Kier molecular flexibility index (Phi) is 5.89. The smallest absolute Gasteiger partial charge is 0.161 e. The lowest BCUT2D eigenvalue weighted by Crippen LogP contribution is -2.14. The van der Waals surface area contributed by atoms with E-state index < -0.39 is 0 Å². The number of nitrogens with zero attached hydrogens (tertiary/aromatic N) is 2. The highest BCUT2D eigenvalue weighted by Crippen LogP contribution is 2.39. The van der Waals surface area contributed by atoms with Gasteiger partial charge in [0.05, 0.1) is 19.8 Å². The van der Waals surface area contributed by atoms with Gasteiger partial charge in [0.2, 0.25) is 0 Å². The molecule has 1 atom stereocenters. The zero-order valence-corrected chi connectivity index (χ0v) is 17.8. The minimum absolute atomic E-state index is 0.142. The largest absolute Gasteiger partial charge is 0.505 e. The van der Waals surface area contributed by atoms with Gasteiger partial charge in [-0.15, -0.1) is 0 Å². The van der Waals surface area contributed by atoms with E-state index in [2.05, 4.69) is 15.3 Å². The van der Waals surface area contributed by atoms with Crippen LogP contribution in [0.3, 0.4) is 0 Å². The maximum Gasteiger partial charge on any atom is 0.161 e. The number of benzene rings is 2. The van der Waals surface area contributed by atoms with E-state index in [4.69, 9.17) is 9.47 Å². The fourth-order valence-corrected chi connectivity index (χ4v) is 3.60. The molecule has 0 aliphatic heterocycles. The standard InChI is InChI=1S/C25H25N3O3/c1-4-31-21-15-18(11-13-20(21)30-3)23(28-22-7-5-6-14-26-22)19-12-10-17-9-8-16(2)27-24(17)25(19)29/h5-15,23,29H,4H2,1-3H3,(H,26,28)/t23-/m0/s1. The summed E-state index contributed by atoms with van der Waals surface area (Å²) in [6.07, 6.45) is 1.73. The van der Waals surface area contributed by atoms with Crippen LogP contribution in [0, 0.1) is 6.92 Å². The summed E-state index contributed by atoms with van der Waals surface area (Å²) in [4.78, 5) is 8.96. The number of fused-ring (bicyclic) bond motifs is 1. The number of aromatic nitrogens is 2. The third-order valence-corrected chi connectivity index (χ3v) is 5.09. The summed E-state index contributed by atoms with van der Waals surface area (Å²) in [5, 5.41) is 15.5. The lowest BCUT2D eigenvalue weighted by Gasteiger charge is -2.23. The Hall–Kier alpha value is -3.80. The van der Waals surface area contributed by atoms with Crippen LogP contribution < -0.4 is 14.8 Å². The summed E-state index contributed by atoms with van der Waals surface area (Å²) < 4.78 is 11.2. The zero-order chi connectivity index (χ0) is 21.8. The van der Waals surface area contributed by atoms with Crippen molar-refractivity contribution < 1.29 is 14.6 Å². The molecule has 0 saturated carbocycles. The summed E-state index contributed by atoms with van der Waals surface area (Å²) in [6, 6.07) is 18.8. The number of rotatable bonds is 7. The molecule has 2 N–H and O–H groups in total. The number of phenolic OH excluding ortho intramolecular Hbond substituents is 1. The fraction of sp³-hybridized carbons (Fsp3) is 0.200. The van der Waals surface area contributed by atoms with Gasteiger partial charge in [-0.1, -0.05) is 30.3 Å². The van der Waals surface area contributed by atoms with E-state index in [0.717, 1.165) is 16.6 Å². The molecule has 6 heteroatoms. The molecular formula is C25H25N3O3. The van der Waals surface area contributed by atoms with Crippen LogP contribution in [0.2, 0.25) is 0 Å². The molecular weight excluding hydrogens is 390 g/mol. The molecule has 4 aromatic rings. The molecule has 31 heavy (non-hydrogen) atoms. The molecule has 0 unspecified atom stereocenters. The number of nitrogens with one attached hydrogen (secondary N) is 1. The number of aromatic hydroxyl groups is 1. The van der Waals surface area contributed by atoms with Gasteiger partial charge in [0, 0.05) is 22.8 Å². The monoisotopic (exact) mass is 415 g/mol. The molecule has 0 saturated heterocycles. The van der Waals surface area contributed by atoms with Gasteiger partial charge in [-0.05, 0) is 49.7 Å². The van der Waals surface area contributed by atoms with Crippen LogP contribution in [-0.2, 0) is 0 Å². The van der Waals surface area contributed by atoms with Gasteiger partial charge in [-0.2, -0.15) is 0 Å². The van der Waals surface area contributed by atoms with E-state index in [1.807, 2.05) is 74.5 Å². The Morgan fingerprint density at radius 2 is 1.87 bits per heavy atom. The van der Waals surface area contributed by atoms with E-state index in [1.165, 1.54) is 0 Å². The number of pyridine rings is 2. The maximum atomic E-state index is 11.2. The van der Waals surface area contributed by atoms with E-state index in [0.29, 0.717) is 35.0 Å². The molecule has 2 aromatic heterocycles. The highest BCUT2D eigenvalue weighted by molar-refractivity contribution is 5.86. The number of methoxy groups -OCH3 is 1. The topological polar surface area (TPSA) is 76.5 Å². The second kappa shape index (κ2) is 8.92. The van der Waals surface area contributed by atoms with Gasteiger partial charge in [-0.25, -0.2) is 9.97 Å². The van der Waals surface area contributed by atoms with Crippen molar-refractivity contribution in [2.45, 2.75) is 19.9 Å². The molecule has 158 valence electrons. The van der Waals surface area contributed by atoms with Crippen LogP contribution in [0.25, 0.3) is 10.9 Å². The van der Waals surface area contributed by atoms with Crippen molar-refractivity contribution in [2.75, 3.05) is 19.0 Å². The summed E-state index contributed by atoms with van der Waals surface area (Å²) in [5.41, 5.74) is 3.02. The molecule has 2 aromatic carbocycles. The number of hydrogen-bond acceptors (Lipinski definition) is 6. The molecule has 0 amide bonds. The number of anilines is 1. The Morgan fingerprint density at radius 3 is 2.61 bits per heavy atom. The van der Waals surface area contributed by atoms with E-state index >= 15 is 0 Å². The van der Waals surface area contributed by atoms with Crippen molar-refractivity contribution in [2.24, 2.45) is 0 Å². The number of phenols is 1. The molecule has 0 fully saturated rings. The molecule has 6 nitrogen and oxygen atoms in total. The van der Waals surface area contributed by atoms with Crippen molar-refractivity contribution >= 4 is 16.7 Å². The van der Waals surface area contributed by atoms with Crippen LogP contribution in [0.5, 0.6) is 17.2 Å². The molecule has 4 rings (SSSR count). The van der Waals surface area contributed by atoms with E-state index in [9.17, 15) is 5.11 Å². The Labute approximate surface area is 181 Å². The summed E-state index contributed by atoms with van der Waals surface area (Å²) in [6.45, 7) is 4.36. The third-order valence-electron chi connectivity index (χ3n) is 5.09. The maximum absolute atomic E-state index is 11.2. The van der Waals surface area contributed by atoms with E-state index in [1.54, 1.807) is 13.3 Å². The van der Waals surface area contributed by atoms with Crippen LogP contribution in [0.1, 0.15) is 29.8 Å². The average Bonchev–Trinajstić information content (AvgIpc) is 2.79. The van der Waals surface area contributed by atoms with Gasteiger partial charge < -0.3 is 19.9 Å². The second-order valence-electron chi connectivity index (χ2n) is 7.16. The number of ether oxygens (including phenoxy) is 2. The second-order valence-corrected chi connectivity index (χ2v) is 7.16. The highest BCUT2D eigenvalue weighted by atomic mass is 16.5. The zero-order valence-electron chi connectivity index (χ0n) is 17.8. The average molecular weight is 415 g/mol. The lowest BCUT2D eigenvalue weighted by molar-refractivity contribution is 0.310. The van der Waals surface area contributed by atoms with Gasteiger partial charge in [0.15, 0.2) is 11.5 Å². The SMILES string of the molecule is CCOc1cc([C@H](Nc2ccccn2)c2ccc3ccc(C)nc3c2O)ccc1OC. The molecule has 0 bridgehead atoms. The number of hydrogen-bond donors (Lipinski definition) is 2. The molecule has 2 heterocycles. The van der Waals surface area contributed by atoms with Crippen LogP contribution in [-0.4, -0.2) is 28.8 Å². The van der Waals surface area contributed by atoms with Crippen LogP contribution >= 0.6 is 0 Å². The molecule has 0 spiro atoms. The number of aryl methyl sites for hydroxylation is 1. The first-order valence-electron chi connectivity index (χ1n) is 10.2. The first-order chi connectivity index (χ1) is 15.1. The lowest BCUT2D eigenvalue weighted by atomic mass is 9.95.